The summed E-state index contributed by atoms with van der Waals surface area (Å²) in [6, 6.07) is 7.23. The first-order valence-corrected chi connectivity index (χ1v) is 9.01. The molecule has 7 heteroatoms. The van der Waals surface area contributed by atoms with Gasteiger partial charge in [-0.3, -0.25) is 0 Å². The third-order valence-electron chi connectivity index (χ3n) is 3.71. The van der Waals surface area contributed by atoms with Crippen LogP contribution in [0, 0.1) is 5.92 Å². The Labute approximate surface area is 128 Å². The fourth-order valence-corrected chi connectivity index (χ4v) is 4.16. The highest BCUT2D eigenvalue weighted by atomic mass is 35.5. The van der Waals surface area contributed by atoms with Gasteiger partial charge >= 0.3 is 0 Å². The van der Waals surface area contributed by atoms with Crippen LogP contribution < -0.4 is 0 Å². The Hall–Kier alpha value is -1.40. The number of nitrogens with zero attached hydrogens (tertiary/aromatic N) is 2. The molecule has 0 amide bonds. The molecule has 2 aromatic rings. The minimum atomic E-state index is -2.83. The van der Waals surface area contributed by atoms with Crippen molar-refractivity contribution in [3.05, 3.63) is 35.2 Å². The molecular weight excluding hydrogens is 312 g/mol. The van der Waals surface area contributed by atoms with Crippen LogP contribution in [-0.4, -0.2) is 30.1 Å². The van der Waals surface area contributed by atoms with Gasteiger partial charge in [-0.25, -0.2) is 8.42 Å². The van der Waals surface area contributed by atoms with E-state index in [1.54, 1.807) is 12.1 Å². The summed E-state index contributed by atoms with van der Waals surface area (Å²) in [4.78, 5) is 4.37. The van der Waals surface area contributed by atoms with Crippen molar-refractivity contribution in [1.29, 1.82) is 0 Å². The summed E-state index contributed by atoms with van der Waals surface area (Å²) in [6.45, 7) is 0. The van der Waals surface area contributed by atoms with E-state index >= 15 is 0 Å². The van der Waals surface area contributed by atoms with Crippen LogP contribution in [0.2, 0.25) is 5.02 Å². The lowest BCUT2D eigenvalue weighted by molar-refractivity contribution is 0.342. The maximum Gasteiger partial charge on any atom is 0.227 e. The number of halogens is 1. The van der Waals surface area contributed by atoms with Crippen LogP contribution in [0.1, 0.15) is 18.7 Å². The number of rotatable bonds is 3. The van der Waals surface area contributed by atoms with Crippen molar-refractivity contribution in [1.82, 2.24) is 10.1 Å². The fourth-order valence-electron chi connectivity index (χ4n) is 2.44. The molecule has 0 atom stereocenters. The molecule has 21 heavy (non-hydrogen) atoms. The Morgan fingerprint density at radius 3 is 2.52 bits per heavy atom. The SMILES string of the molecule is O=S1(=O)CCC(Cc2nc(-c3ccc(Cl)cc3)no2)CC1. The first-order chi connectivity index (χ1) is 10.0. The number of aromatic nitrogens is 2. The molecule has 0 saturated carbocycles. The van der Waals surface area contributed by atoms with Gasteiger partial charge in [-0.2, -0.15) is 4.98 Å². The Morgan fingerprint density at radius 1 is 1.19 bits per heavy atom. The van der Waals surface area contributed by atoms with Crippen molar-refractivity contribution in [2.24, 2.45) is 5.92 Å². The minimum absolute atomic E-state index is 0.260. The molecule has 1 aromatic carbocycles. The third kappa shape index (κ3) is 3.63. The second-order valence-electron chi connectivity index (χ2n) is 5.32. The topological polar surface area (TPSA) is 73.1 Å². The molecule has 0 N–H and O–H groups in total. The lowest BCUT2D eigenvalue weighted by atomic mass is 9.99. The second-order valence-corrected chi connectivity index (χ2v) is 8.06. The molecule has 2 heterocycles. The van der Waals surface area contributed by atoms with Gasteiger partial charge in [0.2, 0.25) is 11.7 Å². The minimum Gasteiger partial charge on any atom is -0.339 e. The zero-order valence-electron chi connectivity index (χ0n) is 11.3. The van der Waals surface area contributed by atoms with Gasteiger partial charge in [-0.05, 0) is 43.0 Å². The molecule has 1 aromatic heterocycles. The first kappa shape index (κ1) is 14.5. The smallest absolute Gasteiger partial charge is 0.227 e. The number of benzene rings is 1. The van der Waals surface area contributed by atoms with E-state index in [0.717, 1.165) is 5.56 Å². The maximum atomic E-state index is 11.4. The van der Waals surface area contributed by atoms with Crippen molar-refractivity contribution in [3.8, 4) is 11.4 Å². The van der Waals surface area contributed by atoms with E-state index in [9.17, 15) is 8.42 Å². The van der Waals surface area contributed by atoms with E-state index in [2.05, 4.69) is 10.1 Å². The average molecular weight is 327 g/mol. The summed E-state index contributed by atoms with van der Waals surface area (Å²) in [5, 5.41) is 4.62. The molecule has 0 spiro atoms. The van der Waals surface area contributed by atoms with Crippen molar-refractivity contribution in [3.63, 3.8) is 0 Å². The molecule has 0 radical (unpaired) electrons. The highest BCUT2D eigenvalue weighted by Gasteiger charge is 2.25. The van der Waals surface area contributed by atoms with Crippen LogP contribution in [0.4, 0.5) is 0 Å². The normalized spacial score (nSPS) is 18.7. The molecule has 1 aliphatic rings. The van der Waals surface area contributed by atoms with Crippen LogP contribution in [-0.2, 0) is 16.3 Å². The Morgan fingerprint density at radius 2 is 1.86 bits per heavy atom. The molecule has 5 nitrogen and oxygen atoms in total. The predicted molar refractivity (Wildman–Crippen MR) is 79.8 cm³/mol. The number of hydrogen-bond donors (Lipinski definition) is 0. The van der Waals surface area contributed by atoms with Gasteiger partial charge < -0.3 is 4.52 Å². The molecule has 1 saturated heterocycles. The molecule has 1 fully saturated rings. The van der Waals surface area contributed by atoms with E-state index in [0.29, 0.717) is 41.9 Å². The Bertz CT molecular complexity index is 711. The zero-order valence-corrected chi connectivity index (χ0v) is 12.9. The lowest BCUT2D eigenvalue weighted by Crippen LogP contribution is -2.24. The van der Waals surface area contributed by atoms with Crippen LogP contribution in [0.5, 0.6) is 0 Å². The zero-order chi connectivity index (χ0) is 14.9. The molecular formula is C14H15ClN2O3S. The van der Waals surface area contributed by atoms with Crippen molar-refractivity contribution in [2.45, 2.75) is 19.3 Å². The average Bonchev–Trinajstić information content (AvgIpc) is 2.91. The monoisotopic (exact) mass is 326 g/mol. The van der Waals surface area contributed by atoms with Crippen LogP contribution in [0.15, 0.2) is 28.8 Å². The molecule has 3 rings (SSSR count). The van der Waals surface area contributed by atoms with Gasteiger partial charge in [-0.15, -0.1) is 0 Å². The van der Waals surface area contributed by atoms with Gasteiger partial charge in [0.05, 0.1) is 11.5 Å². The van der Waals surface area contributed by atoms with E-state index in [1.807, 2.05) is 12.1 Å². The standard InChI is InChI=1S/C14H15ClN2O3S/c15-12-3-1-11(2-4-12)14-16-13(20-17-14)9-10-5-7-21(18,19)8-6-10/h1-4,10H,5-9H2. The summed E-state index contributed by atoms with van der Waals surface area (Å²) in [7, 11) is -2.83. The number of sulfone groups is 1. The first-order valence-electron chi connectivity index (χ1n) is 6.81. The van der Waals surface area contributed by atoms with Crippen LogP contribution in [0.25, 0.3) is 11.4 Å². The largest absolute Gasteiger partial charge is 0.339 e. The summed E-state index contributed by atoms with van der Waals surface area (Å²) >= 11 is 5.84. The molecule has 0 bridgehead atoms. The highest BCUT2D eigenvalue weighted by molar-refractivity contribution is 7.91. The van der Waals surface area contributed by atoms with Gasteiger partial charge in [0.25, 0.3) is 0 Å². The summed E-state index contributed by atoms with van der Waals surface area (Å²) < 4.78 is 28.1. The lowest BCUT2D eigenvalue weighted by Gasteiger charge is -2.19. The van der Waals surface area contributed by atoms with E-state index in [4.69, 9.17) is 16.1 Å². The quantitative estimate of drug-likeness (QED) is 0.867. The Balaban J connectivity index is 1.67. The maximum absolute atomic E-state index is 11.4. The number of hydrogen-bond acceptors (Lipinski definition) is 5. The van der Waals surface area contributed by atoms with Crippen LogP contribution in [0.3, 0.4) is 0 Å². The predicted octanol–water partition coefficient (Wildman–Crippen LogP) is 2.76. The van der Waals surface area contributed by atoms with E-state index in [1.165, 1.54) is 0 Å². The summed E-state index contributed by atoms with van der Waals surface area (Å²) in [5.74, 6) is 1.91. The van der Waals surface area contributed by atoms with Crippen LogP contribution >= 0.6 is 11.6 Å². The van der Waals surface area contributed by atoms with Gasteiger partial charge in [-0.1, -0.05) is 16.8 Å². The summed E-state index contributed by atoms with van der Waals surface area (Å²) in [5.41, 5.74) is 0.848. The van der Waals surface area contributed by atoms with E-state index < -0.39 is 9.84 Å². The van der Waals surface area contributed by atoms with Gasteiger partial charge in [0, 0.05) is 17.0 Å². The van der Waals surface area contributed by atoms with Crippen molar-refractivity contribution in [2.75, 3.05) is 11.5 Å². The van der Waals surface area contributed by atoms with Crippen molar-refractivity contribution >= 4 is 21.4 Å². The summed E-state index contributed by atoms with van der Waals surface area (Å²) in [6.07, 6.45) is 1.97. The Kier molecular flexibility index (Phi) is 3.99. The molecule has 1 aliphatic heterocycles. The molecule has 0 unspecified atom stereocenters. The molecule has 112 valence electrons. The van der Waals surface area contributed by atoms with Crippen molar-refractivity contribution < 1.29 is 12.9 Å². The molecule has 0 aliphatic carbocycles. The van der Waals surface area contributed by atoms with Gasteiger partial charge in [0.15, 0.2) is 0 Å². The second kappa shape index (κ2) is 5.77. The highest BCUT2D eigenvalue weighted by Crippen LogP contribution is 2.24. The third-order valence-corrected chi connectivity index (χ3v) is 5.68. The van der Waals surface area contributed by atoms with Gasteiger partial charge in [0.1, 0.15) is 9.84 Å². The fraction of sp³-hybridized carbons (Fsp3) is 0.429. The van der Waals surface area contributed by atoms with E-state index in [-0.39, 0.29) is 11.5 Å².